The minimum absolute atomic E-state index is 0.700. The fourth-order valence-electron chi connectivity index (χ4n) is 3.06. The summed E-state index contributed by atoms with van der Waals surface area (Å²) in [5.74, 6) is 0.781. The molecule has 0 saturated carbocycles. The van der Waals surface area contributed by atoms with Gasteiger partial charge in [-0.3, -0.25) is 0 Å². The molecule has 0 atom stereocenters. The van der Waals surface area contributed by atoms with Gasteiger partial charge in [-0.25, -0.2) is 0 Å². The fraction of sp³-hybridized carbons (Fsp3) is 0.632. The zero-order valence-electron chi connectivity index (χ0n) is 15.0. The molecule has 4 heteroatoms. The summed E-state index contributed by atoms with van der Waals surface area (Å²) in [5.41, 5.74) is 2.35. The van der Waals surface area contributed by atoms with Crippen LogP contribution in [0.4, 0.5) is 5.69 Å². The van der Waals surface area contributed by atoms with Gasteiger partial charge in [-0.15, -0.1) is 0 Å². The third-order valence-electron chi connectivity index (χ3n) is 4.82. The van der Waals surface area contributed by atoms with Crippen LogP contribution in [0.1, 0.15) is 38.7 Å². The molecular weight excluding hydrogens is 302 g/mol. The Labute approximate surface area is 147 Å². The van der Waals surface area contributed by atoms with Crippen molar-refractivity contribution in [3.8, 4) is 0 Å². The summed E-state index contributed by atoms with van der Waals surface area (Å²) >= 11 is 5.61. The summed E-state index contributed by atoms with van der Waals surface area (Å²) in [7, 11) is 2.27. The molecule has 0 spiro atoms. The van der Waals surface area contributed by atoms with E-state index >= 15 is 0 Å². The molecule has 0 aliphatic carbocycles. The van der Waals surface area contributed by atoms with E-state index in [1.807, 2.05) is 6.07 Å². The standard InChI is InChI=1S/C19H31N3S/c1-15(2)9-12-21(4)17-10-13-22(14-11-17)19(23)20-18-8-6-5-7-16(18)3/h5-8,15,17H,9-14H2,1-4H3,(H,20,23). The van der Waals surface area contributed by atoms with Crippen molar-refractivity contribution in [1.82, 2.24) is 9.80 Å². The number of thiocarbonyl (C=S) groups is 1. The van der Waals surface area contributed by atoms with E-state index in [1.54, 1.807) is 0 Å². The minimum atomic E-state index is 0.700. The highest BCUT2D eigenvalue weighted by atomic mass is 32.1. The number of benzene rings is 1. The van der Waals surface area contributed by atoms with E-state index in [2.05, 4.69) is 61.1 Å². The Morgan fingerprint density at radius 1 is 1.30 bits per heavy atom. The van der Waals surface area contributed by atoms with Crippen LogP contribution in [-0.4, -0.2) is 47.6 Å². The number of likely N-dealkylation sites (tertiary alicyclic amines) is 1. The quantitative estimate of drug-likeness (QED) is 0.816. The number of aryl methyl sites for hydroxylation is 1. The van der Waals surface area contributed by atoms with Gasteiger partial charge in [-0.05, 0) is 69.5 Å². The highest BCUT2D eigenvalue weighted by Gasteiger charge is 2.23. The van der Waals surface area contributed by atoms with E-state index in [-0.39, 0.29) is 0 Å². The van der Waals surface area contributed by atoms with Crippen molar-refractivity contribution < 1.29 is 0 Å². The van der Waals surface area contributed by atoms with Crippen molar-refractivity contribution in [1.29, 1.82) is 0 Å². The lowest BCUT2D eigenvalue weighted by atomic mass is 10.0. The summed E-state index contributed by atoms with van der Waals surface area (Å²) in [6, 6.07) is 9.01. The van der Waals surface area contributed by atoms with Gasteiger partial charge in [0.2, 0.25) is 0 Å². The van der Waals surface area contributed by atoms with Crippen LogP contribution < -0.4 is 5.32 Å². The van der Waals surface area contributed by atoms with Gasteiger partial charge >= 0.3 is 0 Å². The lowest BCUT2D eigenvalue weighted by Gasteiger charge is -2.38. The van der Waals surface area contributed by atoms with Crippen LogP contribution in [0.2, 0.25) is 0 Å². The monoisotopic (exact) mass is 333 g/mol. The fourth-order valence-corrected chi connectivity index (χ4v) is 3.35. The van der Waals surface area contributed by atoms with Crippen LogP contribution in [-0.2, 0) is 0 Å². The molecule has 1 saturated heterocycles. The first-order valence-corrected chi connectivity index (χ1v) is 9.20. The van der Waals surface area contributed by atoms with Gasteiger partial charge in [0, 0.05) is 24.8 Å². The number of nitrogens with zero attached hydrogens (tertiary/aromatic N) is 2. The van der Waals surface area contributed by atoms with E-state index in [0.717, 1.165) is 29.8 Å². The van der Waals surface area contributed by atoms with Crippen LogP contribution in [0.3, 0.4) is 0 Å². The lowest BCUT2D eigenvalue weighted by molar-refractivity contribution is 0.159. The first kappa shape index (κ1) is 18.2. The molecule has 2 rings (SSSR count). The summed E-state index contributed by atoms with van der Waals surface area (Å²) in [4.78, 5) is 4.85. The number of hydrogen-bond acceptors (Lipinski definition) is 2. The minimum Gasteiger partial charge on any atom is -0.349 e. The molecule has 1 aliphatic heterocycles. The van der Waals surface area contributed by atoms with Crippen molar-refractivity contribution in [3.63, 3.8) is 0 Å². The van der Waals surface area contributed by atoms with Gasteiger partial charge in [0.05, 0.1) is 0 Å². The number of rotatable bonds is 5. The van der Waals surface area contributed by atoms with Gasteiger partial charge in [0.15, 0.2) is 5.11 Å². The Balaban J connectivity index is 1.80. The summed E-state index contributed by atoms with van der Waals surface area (Å²) in [6.45, 7) is 10.0. The van der Waals surface area contributed by atoms with Gasteiger partial charge in [0.25, 0.3) is 0 Å². The number of anilines is 1. The van der Waals surface area contributed by atoms with E-state index in [4.69, 9.17) is 12.2 Å². The zero-order chi connectivity index (χ0) is 16.8. The maximum absolute atomic E-state index is 5.61. The molecule has 3 nitrogen and oxygen atoms in total. The van der Waals surface area contributed by atoms with E-state index in [9.17, 15) is 0 Å². The molecule has 0 amide bonds. The maximum Gasteiger partial charge on any atom is 0.173 e. The number of hydrogen-bond donors (Lipinski definition) is 1. The number of piperidine rings is 1. The lowest BCUT2D eigenvalue weighted by Crippen LogP contribution is -2.47. The predicted molar refractivity (Wildman–Crippen MR) is 104 cm³/mol. The van der Waals surface area contributed by atoms with E-state index in [0.29, 0.717) is 6.04 Å². The molecule has 0 aromatic heterocycles. The van der Waals surface area contributed by atoms with Crippen LogP contribution in [0.25, 0.3) is 0 Å². The Morgan fingerprint density at radius 2 is 1.96 bits per heavy atom. The van der Waals surface area contributed by atoms with Crippen molar-refractivity contribution in [2.24, 2.45) is 5.92 Å². The van der Waals surface area contributed by atoms with E-state index < -0.39 is 0 Å². The SMILES string of the molecule is Cc1ccccc1NC(=S)N1CCC(N(C)CCC(C)C)CC1. The zero-order valence-corrected chi connectivity index (χ0v) is 15.8. The summed E-state index contributed by atoms with van der Waals surface area (Å²) < 4.78 is 0. The smallest absolute Gasteiger partial charge is 0.173 e. The van der Waals surface area contributed by atoms with Gasteiger partial charge in [-0.1, -0.05) is 32.0 Å². The second-order valence-corrected chi connectivity index (χ2v) is 7.51. The van der Waals surface area contributed by atoms with Crippen LogP contribution in [0, 0.1) is 12.8 Å². The average molecular weight is 334 g/mol. The van der Waals surface area contributed by atoms with Gasteiger partial charge in [0.1, 0.15) is 0 Å². The highest BCUT2D eigenvalue weighted by molar-refractivity contribution is 7.80. The molecule has 1 aromatic rings. The number of para-hydroxylation sites is 1. The van der Waals surface area contributed by atoms with Crippen LogP contribution in [0.5, 0.6) is 0 Å². The summed E-state index contributed by atoms with van der Waals surface area (Å²) in [5, 5.41) is 4.27. The first-order chi connectivity index (χ1) is 11.0. The molecule has 1 aromatic carbocycles. The first-order valence-electron chi connectivity index (χ1n) is 8.79. The van der Waals surface area contributed by atoms with Crippen molar-refractivity contribution in [2.45, 2.75) is 46.1 Å². The Hall–Kier alpha value is -1.13. The highest BCUT2D eigenvalue weighted by Crippen LogP contribution is 2.19. The maximum atomic E-state index is 5.61. The van der Waals surface area contributed by atoms with Crippen LogP contribution >= 0.6 is 12.2 Å². The molecule has 1 fully saturated rings. The molecule has 0 bridgehead atoms. The molecule has 1 N–H and O–H groups in total. The molecule has 23 heavy (non-hydrogen) atoms. The Morgan fingerprint density at radius 3 is 2.57 bits per heavy atom. The second kappa shape index (κ2) is 8.65. The van der Waals surface area contributed by atoms with Crippen molar-refractivity contribution >= 4 is 23.0 Å². The Kier molecular flexibility index (Phi) is 6.85. The van der Waals surface area contributed by atoms with Gasteiger partial charge in [-0.2, -0.15) is 0 Å². The molecule has 0 unspecified atom stereocenters. The normalized spacial score (nSPS) is 16.2. The molecule has 1 heterocycles. The Bertz CT molecular complexity index is 507. The molecule has 128 valence electrons. The third kappa shape index (κ3) is 5.47. The van der Waals surface area contributed by atoms with Gasteiger partial charge < -0.3 is 15.1 Å². The van der Waals surface area contributed by atoms with Crippen molar-refractivity contribution in [2.75, 3.05) is 32.0 Å². The molecule has 0 radical (unpaired) electrons. The van der Waals surface area contributed by atoms with Crippen LogP contribution in [0.15, 0.2) is 24.3 Å². The molecule has 1 aliphatic rings. The third-order valence-corrected chi connectivity index (χ3v) is 5.18. The topological polar surface area (TPSA) is 18.5 Å². The molecular formula is C19H31N3S. The largest absolute Gasteiger partial charge is 0.349 e. The summed E-state index contributed by atoms with van der Waals surface area (Å²) in [6.07, 6.45) is 3.68. The predicted octanol–water partition coefficient (Wildman–Crippen LogP) is 4.13. The van der Waals surface area contributed by atoms with E-state index in [1.165, 1.54) is 31.4 Å². The average Bonchev–Trinajstić information content (AvgIpc) is 2.54. The number of nitrogens with one attached hydrogen (secondary N) is 1. The van der Waals surface area contributed by atoms with Crippen molar-refractivity contribution in [3.05, 3.63) is 29.8 Å². The second-order valence-electron chi connectivity index (χ2n) is 7.13.